The number of Topliss-reactive ketones (excluding diaryl/α,β-unsaturated/α-hetero) is 1. The number of carbonyl (C=O) groups is 2. The summed E-state index contributed by atoms with van der Waals surface area (Å²) >= 11 is 1.22. The molecular formula is C14H22N2O3S. The molecule has 1 atom stereocenters. The number of ether oxygens (including phenoxy) is 1. The molecule has 3 N–H and O–H groups in total. The Morgan fingerprint density at radius 1 is 1.35 bits per heavy atom. The summed E-state index contributed by atoms with van der Waals surface area (Å²) in [6, 6.07) is 0.154. The van der Waals surface area contributed by atoms with Gasteiger partial charge in [-0.15, -0.1) is 11.3 Å². The second-order valence-electron chi connectivity index (χ2n) is 4.99. The minimum atomic E-state index is -0.521. The number of nitrogens with two attached hydrogens (primary N) is 1. The van der Waals surface area contributed by atoms with Crippen LogP contribution in [0.1, 0.15) is 54.1 Å². The number of nitrogens with one attached hydrogen (secondary N) is 1. The van der Waals surface area contributed by atoms with Gasteiger partial charge >= 0.3 is 5.97 Å². The van der Waals surface area contributed by atoms with Crippen molar-refractivity contribution in [3.8, 4) is 0 Å². The van der Waals surface area contributed by atoms with E-state index in [2.05, 4.69) is 19.2 Å². The number of ketones is 1. The number of esters is 1. The van der Waals surface area contributed by atoms with Crippen LogP contribution in [0.25, 0.3) is 0 Å². The Hall–Kier alpha value is -1.56. The molecule has 1 aromatic heterocycles. The lowest BCUT2D eigenvalue weighted by molar-refractivity contribution is 0.0603. The monoisotopic (exact) mass is 298 g/mol. The highest BCUT2D eigenvalue weighted by Gasteiger charge is 2.26. The molecule has 0 radical (unpaired) electrons. The number of rotatable bonds is 6. The van der Waals surface area contributed by atoms with Crippen LogP contribution in [0.4, 0.5) is 10.7 Å². The molecule has 20 heavy (non-hydrogen) atoms. The maximum Gasteiger partial charge on any atom is 0.343 e. The maximum absolute atomic E-state index is 11.9. The number of methoxy groups -OCH3 is 1. The Morgan fingerprint density at radius 3 is 2.40 bits per heavy atom. The van der Waals surface area contributed by atoms with Crippen LogP contribution in [-0.4, -0.2) is 24.9 Å². The molecule has 1 aromatic rings. The first kappa shape index (κ1) is 16.5. The van der Waals surface area contributed by atoms with Gasteiger partial charge in [-0.2, -0.15) is 0 Å². The lowest BCUT2D eigenvalue weighted by Gasteiger charge is -2.18. The fraction of sp³-hybridized carbons (Fsp3) is 0.571. The lowest BCUT2D eigenvalue weighted by Crippen LogP contribution is -2.22. The summed E-state index contributed by atoms with van der Waals surface area (Å²) in [5.74, 6) is -0.204. The molecule has 6 heteroatoms. The minimum Gasteiger partial charge on any atom is -0.465 e. The first-order valence-electron chi connectivity index (χ1n) is 6.63. The molecule has 0 saturated carbocycles. The van der Waals surface area contributed by atoms with E-state index in [-0.39, 0.29) is 23.1 Å². The van der Waals surface area contributed by atoms with E-state index < -0.39 is 5.97 Å². The van der Waals surface area contributed by atoms with Gasteiger partial charge in [-0.25, -0.2) is 4.79 Å². The summed E-state index contributed by atoms with van der Waals surface area (Å²) in [6.45, 7) is 7.93. The Bertz CT molecular complexity index is 509. The van der Waals surface area contributed by atoms with E-state index in [1.807, 2.05) is 6.92 Å². The Kier molecular flexibility index (Phi) is 5.56. The highest BCUT2D eigenvalue weighted by atomic mass is 32.1. The van der Waals surface area contributed by atoms with Gasteiger partial charge in [0.05, 0.1) is 17.7 Å². The van der Waals surface area contributed by atoms with Gasteiger partial charge in [-0.05, 0) is 12.8 Å². The molecule has 1 heterocycles. The summed E-state index contributed by atoms with van der Waals surface area (Å²) in [5.41, 5.74) is 6.44. The van der Waals surface area contributed by atoms with Crippen molar-refractivity contribution in [3.63, 3.8) is 0 Å². The molecule has 5 nitrogen and oxygen atoms in total. The van der Waals surface area contributed by atoms with Crippen molar-refractivity contribution < 1.29 is 14.3 Å². The van der Waals surface area contributed by atoms with Gasteiger partial charge in [0.15, 0.2) is 5.78 Å². The van der Waals surface area contributed by atoms with E-state index in [1.165, 1.54) is 18.4 Å². The maximum atomic E-state index is 11.9. The molecule has 0 aromatic carbocycles. The second kappa shape index (κ2) is 6.74. The quantitative estimate of drug-likeness (QED) is 0.622. The SMILES string of the molecule is CCC(=O)c1sc(NC(C)C(C)C)c(C(=O)OC)c1N. The number of thiophene rings is 1. The van der Waals surface area contributed by atoms with E-state index in [9.17, 15) is 9.59 Å². The molecule has 0 aliphatic carbocycles. The van der Waals surface area contributed by atoms with Crippen LogP contribution in [0.15, 0.2) is 0 Å². The average Bonchev–Trinajstić information content (AvgIpc) is 2.73. The summed E-state index contributed by atoms with van der Waals surface area (Å²) in [4.78, 5) is 24.2. The fourth-order valence-electron chi connectivity index (χ4n) is 1.59. The normalized spacial score (nSPS) is 12.3. The highest BCUT2D eigenvalue weighted by Crippen LogP contribution is 2.37. The van der Waals surface area contributed by atoms with Crippen molar-refractivity contribution in [1.29, 1.82) is 0 Å². The van der Waals surface area contributed by atoms with Gasteiger partial charge in [0.25, 0.3) is 0 Å². The smallest absolute Gasteiger partial charge is 0.343 e. The zero-order valence-electron chi connectivity index (χ0n) is 12.6. The largest absolute Gasteiger partial charge is 0.465 e. The molecule has 1 rings (SSSR count). The molecule has 0 saturated heterocycles. The Balaban J connectivity index is 3.27. The Labute approximate surface area is 123 Å². The molecule has 0 fully saturated rings. The van der Waals surface area contributed by atoms with Crippen molar-refractivity contribution in [1.82, 2.24) is 0 Å². The van der Waals surface area contributed by atoms with Crippen LogP contribution in [-0.2, 0) is 4.74 Å². The van der Waals surface area contributed by atoms with Crippen LogP contribution in [0.3, 0.4) is 0 Å². The van der Waals surface area contributed by atoms with E-state index in [0.29, 0.717) is 22.2 Å². The van der Waals surface area contributed by atoms with Crippen LogP contribution in [0.2, 0.25) is 0 Å². The molecule has 1 unspecified atom stereocenters. The predicted octanol–water partition coefficient (Wildman–Crippen LogP) is 3.17. The molecule has 0 aliphatic heterocycles. The van der Waals surface area contributed by atoms with Gasteiger partial charge in [0.1, 0.15) is 10.6 Å². The number of anilines is 2. The third kappa shape index (κ3) is 3.30. The van der Waals surface area contributed by atoms with Gasteiger partial charge in [0, 0.05) is 12.5 Å². The molecule has 112 valence electrons. The number of hydrogen-bond donors (Lipinski definition) is 2. The van der Waals surface area contributed by atoms with Crippen LogP contribution < -0.4 is 11.1 Å². The van der Waals surface area contributed by atoms with Crippen molar-refractivity contribution >= 4 is 33.8 Å². The van der Waals surface area contributed by atoms with Crippen molar-refractivity contribution in [2.45, 2.75) is 40.2 Å². The van der Waals surface area contributed by atoms with Crippen molar-refractivity contribution in [2.75, 3.05) is 18.2 Å². The molecule has 0 spiro atoms. The minimum absolute atomic E-state index is 0.0668. The zero-order chi connectivity index (χ0) is 15.4. The lowest BCUT2D eigenvalue weighted by atomic mass is 10.1. The van der Waals surface area contributed by atoms with Crippen LogP contribution in [0.5, 0.6) is 0 Å². The third-order valence-corrected chi connectivity index (χ3v) is 4.45. The van der Waals surface area contributed by atoms with E-state index in [0.717, 1.165) is 0 Å². The second-order valence-corrected chi connectivity index (χ2v) is 6.01. The molecular weight excluding hydrogens is 276 g/mol. The Morgan fingerprint density at radius 2 is 1.95 bits per heavy atom. The fourth-order valence-corrected chi connectivity index (χ4v) is 2.81. The van der Waals surface area contributed by atoms with Gasteiger partial charge in [-0.3, -0.25) is 4.79 Å². The van der Waals surface area contributed by atoms with E-state index in [4.69, 9.17) is 10.5 Å². The van der Waals surface area contributed by atoms with Crippen LogP contribution >= 0.6 is 11.3 Å². The van der Waals surface area contributed by atoms with Gasteiger partial charge in [-0.1, -0.05) is 20.8 Å². The molecule has 0 amide bonds. The predicted molar refractivity (Wildman–Crippen MR) is 82.6 cm³/mol. The summed E-state index contributed by atoms with van der Waals surface area (Å²) in [6.07, 6.45) is 0.352. The zero-order valence-corrected chi connectivity index (χ0v) is 13.4. The average molecular weight is 298 g/mol. The summed E-state index contributed by atoms with van der Waals surface area (Å²) in [7, 11) is 1.30. The first-order valence-corrected chi connectivity index (χ1v) is 7.45. The van der Waals surface area contributed by atoms with Crippen molar-refractivity contribution in [3.05, 3.63) is 10.4 Å². The summed E-state index contributed by atoms with van der Waals surface area (Å²) < 4.78 is 4.76. The standard InChI is InChI=1S/C14H22N2O3S/c1-6-9(17)12-11(15)10(14(18)19-5)13(20-12)16-8(4)7(2)3/h7-8,16H,6,15H2,1-5H3. The van der Waals surface area contributed by atoms with E-state index in [1.54, 1.807) is 6.92 Å². The van der Waals surface area contributed by atoms with Crippen molar-refractivity contribution in [2.24, 2.45) is 5.92 Å². The topological polar surface area (TPSA) is 81.4 Å². The van der Waals surface area contributed by atoms with Gasteiger partial charge < -0.3 is 15.8 Å². The number of hydrogen-bond acceptors (Lipinski definition) is 6. The number of nitrogen functional groups attached to an aromatic ring is 1. The van der Waals surface area contributed by atoms with Gasteiger partial charge in [0.2, 0.25) is 0 Å². The number of carbonyl (C=O) groups excluding carboxylic acids is 2. The third-order valence-electron chi connectivity index (χ3n) is 3.27. The van der Waals surface area contributed by atoms with E-state index >= 15 is 0 Å². The summed E-state index contributed by atoms with van der Waals surface area (Å²) in [5, 5.41) is 3.85. The highest BCUT2D eigenvalue weighted by molar-refractivity contribution is 7.19. The first-order chi connectivity index (χ1) is 9.33. The van der Waals surface area contributed by atoms with Crippen LogP contribution in [0, 0.1) is 5.92 Å². The molecule has 0 aliphatic rings. The molecule has 0 bridgehead atoms.